The molecule has 3 heteroatoms. The van der Waals surface area contributed by atoms with Crippen LogP contribution in [0.25, 0.3) is 0 Å². The molecule has 1 atom stereocenters. The molecular formula is C8H12N2O. The lowest BCUT2D eigenvalue weighted by Gasteiger charge is -2.13. The van der Waals surface area contributed by atoms with Crippen molar-refractivity contribution >= 4 is 5.91 Å². The third-order valence-corrected chi connectivity index (χ3v) is 2.33. The van der Waals surface area contributed by atoms with Crippen molar-refractivity contribution in [2.24, 2.45) is 0 Å². The van der Waals surface area contributed by atoms with Crippen LogP contribution in [0.4, 0.5) is 0 Å². The number of amides is 1. The molecule has 2 heterocycles. The summed E-state index contributed by atoms with van der Waals surface area (Å²) in [5, 5.41) is 0. The zero-order valence-electron chi connectivity index (χ0n) is 6.49. The Kier molecular flexibility index (Phi) is 1.37. The van der Waals surface area contributed by atoms with Crippen LogP contribution >= 0.6 is 0 Å². The van der Waals surface area contributed by atoms with Gasteiger partial charge in [-0.1, -0.05) is 6.58 Å². The van der Waals surface area contributed by atoms with Crippen LogP contribution in [0.3, 0.4) is 0 Å². The van der Waals surface area contributed by atoms with E-state index in [1.807, 2.05) is 4.90 Å². The lowest BCUT2D eigenvalue weighted by Crippen LogP contribution is -2.29. The Morgan fingerprint density at radius 3 is 2.91 bits per heavy atom. The minimum absolute atomic E-state index is 0.305. The predicted octanol–water partition coefficient (Wildman–Crippen LogP) is 0.394. The number of carbonyl (C=O) groups excluding carboxylic acids is 1. The van der Waals surface area contributed by atoms with Crippen LogP contribution < -0.4 is 0 Å². The lowest BCUT2D eigenvalue weighted by molar-refractivity contribution is -0.128. The molecule has 2 fully saturated rings. The van der Waals surface area contributed by atoms with Crippen LogP contribution in [0.5, 0.6) is 0 Å². The van der Waals surface area contributed by atoms with E-state index in [0.717, 1.165) is 25.9 Å². The Balaban J connectivity index is 1.96. The first-order valence-corrected chi connectivity index (χ1v) is 4.00. The lowest BCUT2D eigenvalue weighted by atomic mass is 10.4. The summed E-state index contributed by atoms with van der Waals surface area (Å²) in [5.74, 6) is 0.305. The minimum Gasteiger partial charge on any atom is -0.353 e. The summed E-state index contributed by atoms with van der Waals surface area (Å²) in [7, 11) is 0. The van der Waals surface area contributed by atoms with E-state index in [1.165, 1.54) is 0 Å². The maximum atomic E-state index is 11.2. The Bertz CT molecular complexity index is 202. The summed E-state index contributed by atoms with van der Waals surface area (Å²) in [6.07, 6.45) is 3.92. The van der Waals surface area contributed by atoms with Crippen LogP contribution in [-0.4, -0.2) is 35.0 Å². The van der Waals surface area contributed by atoms with E-state index >= 15 is 0 Å². The monoisotopic (exact) mass is 152 g/mol. The molecule has 3 nitrogen and oxygen atoms in total. The molecule has 1 unspecified atom stereocenters. The summed E-state index contributed by atoms with van der Waals surface area (Å²) in [4.78, 5) is 15.2. The molecule has 0 bridgehead atoms. The van der Waals surface area contributed by atoms with Crippen molar-refractivity contribution in [3.8, 4) is 0 Å². The first kappa shape index (κ1) is 6.70. The van der Waals surface area contributed by atoms with Gasteiger partial charge in [0.15, 0.2) is 0 Å². The van der Waals surface area contributed by atoms with Crippen molar-refractivity contribution in [2.75, 3.05) is 13.1 Å². The standard InChI is InChI=1S/C8H12N2O/c1-2-9-6-7(9)10-5-3-4-8(10)11/h2,7H,1,3-6H2. The molecule has 11 heavy (non-hydrogen) atoms. The molecular weight excluding hydrogens is 140 g/mol. The van der Waals surface area contributed by atoms with Crippen LogP contribution in [0, 0.1) is 0 Å². The fourth-order valence-electron chi connectivity index (χ4n) is 1.60. The van der Waals surface area contributed by atoms with Gasteiger partial charge in [0.2, 0.25) is 5.91 Å². The van der Waals surface area contributed by atoms with Crippen molar-refractivity contribution in [1.82, 2.24) is 9.80 Å². The van der Waals surface area contributed by atoms with E-state index < -0.39 is 0 Å². The van der Waals surface area contributed by atoms with Gasteiger partial charge in [-0.05, 0) is 12.6 Å². The van der Waals surface area contributed by atoms with E-state index in [0.29, 0.717) is 12.1 Å². The second-order valence-electron chi connectivity index (χ2n) is 3.05. The Hall–Kier alpha value is -0.990. The molecule has 0 saturated carbocycles. The molecule has 1 amide bonds. The quantitative estimate of drug-likeness (QED) is 0.534. The smallest absolute Gasteiger partial charge is 0.224 e. The van der Waals surface area contributed by atoms with E-state index in [2.05, 4.69) is 11.5 Å². The fraction of sp³-hybridized carbons (Fsp3) is 0.625. The van der Waals surface area contributed by atoms with E-state index in [4.69, 9.17) is 0 Å². The van der Waals surface area contributed by atoms with Gasteiger partial charge in [-0.3, -0.25) is 4.79 Å². The highest BCUT2D eigenvalue weighted by Crippen LogP contribution is 2.25. The molecule has 2 rings (SSSR count). The van der Waals surface area contributed by atoms with Crippen LogP contribution in [0.1, 0.15) is 12.8 Å². The van der Waals surface area contributed by atoms with E-state index in [1.54, 1.807) is 6.20 Å². The first-order valence-electron chi connectivity index (χ1n) is 4.00. The second kappa shape index (κ2) is 2.26. The fourth-order valence-corrected chi connectivity index (χ4v) is 1.60. The molecule has 0 aliphatic carbocycles. The van der Waals surface area contributed by atoms with Gasteiger partial charge in [0.25, 0.3) is 0 Å². The normalized spacial score (nSPS) is 29.5. The molecule has 0 aromatic heterocycles. The van der Waals surface area contributed by atoms with Gasteiger partial charge in [-0.25, -0.2) is 0 Å². The maximum absolute atomic E-state index is 11.2. The van der Waals surface area contributed by atoms with Gasteiger partial charge in [-0.15, -0.1) is 0 Å². The summed E-state index contributed by atoms with van der Waals surface area (Å²) in [6, 6.07) is 0. The van der Waals surface area contributed by atoms with Gasteiger partial charge in [-0.2, -0.15) is 0 Å². The minimum atomic E-state index is 0.305. The first-order chi connectivity index (χ1) is 5.33. The second-order valence-corrected chi connectivity index (χ2v) is 3.05. The summed E-state index contributed by atoms with van der Waals surface area (Å²) in [5.41, 5.74) is 0. The third kappa shape index (κ3) is 1.00. The highest BCUT2D eigenvalue weighted by Gasteiger charge is 2.40. The molecule has 2 aliphatic heterocycles. The highest BCUT2D eigenvalue weighted by atomic mass is 16.2. The zero-order valence-corrected chi connectivity index (χ0v) is 6.49. The van der Waals surface area contributed by atoms with Gasteiger partial charge in [0, 0.05) is 13.0 Å². The number of carbonyl (C=O) groups is 1. The average Bonchev–Trinajstić information content (AvgIpc) is 2.68. The molecule has 0 spiro atoms. The van der Waals surface area contributed by atoms with Gasteiger partial charge in [0.05, 0.1) is 6.54 Å². The molecule has 0 aromatic carbocycles. The van der Waals surface area contributed by atoms with Gasteiger partial charge < -0.3 is 9.80 Å². The van der Waals surface area contributed by atoms with E-state index in [9.17, 15) is 4.79 Å². The number of rotatable bonds is 2. The summed E-state index contributed by atoms with van der Waals surface area (Å²) >= 11 is 0. The molecule has 0 N–H and O–H groups in total. The molecule has 2 aliphatic rings. The Morgan fingerprint density at radius 1 is 1.64 bits per heavy atom. The van der Waals surface area contributed by atoms with Gasteiger partial charge >= 0.3 is 0 Å². The van der Waals surface area contributed by atoms with Crippen LogP contribution in [0.15, 0.2) is 12.8 Å². The topological polar surface area (TPSA) is 23.3 Å². The van der Waals surface area contributed by atoms with Crippen LogP contribution in [0.2, 0.25) is 0 Å². The summed E-state index contributed by atoms with van der Waals surface area (Å²) < 4.78 is 0. The molecule has 60 valence electrons. The zero-order chi connectivity index (χ0) is 7.84. The highest BCUT2D eigenvalue weighted by molar-refractivity contribution is 5.78. The van der Waals surface area contributed by atoms with Crippen molar-refractivity contribution in [1.29, 1.82) is 0 Å². The van der Waals surface area contributed by atoms with Crippen molar-refractivity contribution in [3.63, 3.8) is 0 Å². The third-order valence-electron chi connectivity index (χ3n) is 2.33. The average molecular weight is 152 g/mol. The number of hydrogen-bond acceptors (Lipinski definition) is 2. The number of nitrogens with zero attached hydrogens (tertiary/aromatic N) is 2. The Labute approximate surface area is 66.3 Å². The van der Waals surface area contributed by atoms with Crippen molar-refractivity contribution in [2.45, 2.75) is 19.0 Å². The number of likely N-dealkylation sites (tertiary alicyclic amines) is 1. The maximum Gasteiger partial charge on any atom is 0.224 e. The molecule has 2 saturated heterocycles. The predicted molar refractivity (Wildman–Crippen MR) is 41.6 cm³/mol. The Morgan fingerprint density at radius 2 is 2.45 bits per heavy atom. The largest absolute Gasteiger partial charge is 0.353 e. The summed E-state index contributed by atoms with van der Waals surface area (Å²) in [6.45, 7) is 5.58. The number of hydrogen-bond donors (Lipinski definition) is 0. The van der Waals surface area contributed by atoms with E-state index in [-0.39, 0.29) is 0 Å². The van der Waals surface area contributed by atoms with Crippen molar-refractivity contribution < 1.29 is 4.79 Å². The SMILES string of the molecule is C=CN1CC1N1CCCC1=O. The van der Waals surface area contributed by atoms with Crippen LogP contribution in [-0.2, 0) is 4.79 Å². The molecule has 0 aromatic rings. The van der Waals surface area contributed by atoms with Gasteiger partial charge in [0.1, 0.15) is 6.17 Å². The molecule has 0 radical (unpaired) electrons. The van der Waals surface area contributed by atoms with Crippen molar-refractivity contribution in [3.05, 3.63) is 12.8 Å².